The van der Waals surface area contributed by atoms with Crippen LogP contribution >= 0.6 is 7.82 Å². The molecule has 0 heterocycles. The fourth-order valence-electron chi connectivity index (χ4n) is 7.70. The van der Waals surface area contributed by atoms with Gasteiger partial charge in [0.2, 0.25) is 0 Å². The number of unbranched alkanes of at least 4 members (excludes halogenated alkanes) is 26. The third kappa shape index (κ3) is 54.6. The van der Waals surface area contributed by atoms with Crippen LogP contribution in [0.25, 0.3) is 0 Å². The predicted octanol–water partition coefficient (Wildman–Crippen LogP) is 18.0. The van der Waals surface area contributed by atoms with Crippen molar-refractivity contribution < 1.29 is 32.8 Å². The summed E-state index contributed by atoms with van der Waals surface area (Å²) in [6.45, 7) is 4.80. The van der Waals surface area contributed by atoms with Gasteiger partial charge in [-0.15, -0.1) is 0 Å². The highest BCUT2D eigenvalue weighted by Gasteiger charge is 2.25. The molecule has 0 aliphatic heterocycles. The van der Waals surface area contributed by atoms with E-state index in [1.165, 1.54) is 154 Å². The highest BCUT2D eigenvalue weighted by Crippen LogP contribution is 2.43. The lowest BCUT2D eigenvalue weighted by atomic mass is 10.0. The van der Waals surface area contributed by atoms with Crippen LogP contribution in [-0.4, -0.2) is 49.9 Å². The molecule has 0 bridgehead atoms. The van der Waals surface area contributed by atoms with Gasteiger partial charge in [-0.1, -0.05) is 234 Å². The number of phosphoric acid groups is 1. The van der Waals surface area contributed by atoms with Crippen molar-refractivity contribution in [1.29, 1.82) is 0 Å². The molecule has 0 amide bonds. The number of carbonyl (C=O) groups excluding carboxylic acids is 1. The molecule has 0 spiro atoms. The third-order valence-corrected chi connectivity index (χ3v) is 12.8. The van der Waals surface area contributed by atoms with Gasteiger partial charge in [-0.25, -0.2) is 4.57 Å². The van der Waals surface area contributed by atoms with E-state index in [0.29, 0.717) is 13.0 Å². The summed E-state index contributed by atoms with van der Waals surface area (Å²) in [5, 5.41) is 0. The summed E-state index contributed by atoms with van der Waals surface area (Å²) in [5.74, 6) is -0.334. The number of hydrogen-bond acceptors (Lipinski definition) is 7. The van der Waals surface area contributed by atoms with Gasteiger partial charge in [-0.05, 0) is 89.9 Å². The number of carbonyl (C=O) groups is 1. The van der Waals surface area contributed by atoms with E-state index in [9.17, 15) is 14.3 Å². The molecule has 0 saturated carbocycles. The largest absolute Gasteiger partial charge is 0.472 e. The Hall–Kier alpha value is -2.32. The van der Waals surface area contributed by atoms with Crippen LogP contribution in [0.15, 0.2) is 85.1 Å². The van der Waals surface area contributed by atoms with Gasteiger partial charge >= 0.3 is 13.8 Å². The number of nitrogens with two attached hydrogens (primary N) is 1. The third-order valence-electron chi connectivity index (χ3n) is 11.8. The molecule has 0 aromatic rings. The fraction of sp³-hybridized carbons (Fsp3) is 0.746. The van der Waals surface area contributed by atoms with Gasteiger partial charge in [0.25, 0.3) is 0 Å². The first-order chi connectivity index (χ1) is 33.4. The lowest BCUT2D eigenvalue weighted by Gasteiger charge is -2.20. The molecule has 2 unspecified atom stereocenters. The lowest BCUT2D eigenvalue weighted by Crippen LogP contribution is -2.28. The van der Waals surface area contributed by atoms with Crippen LogP contribution in [0, 0.1) is 0 Å². The molecule has 0 rings (SSSR count). The molecule has 68 heavy (non-hydrogen) atoms. The van der Waals surface area contributed by atoms with E-state index in [1.54, 1.807) is 0 Å². The quantitative estimate of drug-likeness (QED) is 0.0268. The minimum atomic E-state index is -4.29. The van der Waals surface area contributed by atoms with Gasteiger partial charge in [0.05, 0.1) is 19.8 Å². The van der Waals surface area contributed by atoms with Crippen molar-refractivity contribution in [3.8, 4) is 0 Å². The maximum Gasteiger partial charge on any atom is 0.472 e. The Morgan fingerprint density at radius 1 is 0.456 bits per heavy atom. The Labute approximate surface area is 419 Å². The number of esters is 1. The zero-order valence-electron chi connectivity index (χ0n) is 44.1. The highest BCUT2D eigenvalue weighted by molar-refractivity contribution is 7.47. The van der Waals surface area contributed by atoms with Gasteiger partial charge in [-0.3, -0.25) is 13.8 Å². The van der Waals surface area contributed by atoms with Crippen LogP contribution in [0.2, 0.25) is 0 Å². The molecule has 394 valence electrons. The maximum absolute atomic E-state index is 12.7. The average molecular weight is 972 g/mol. The van der Waals surface area contributed by atoms with Crippen molar-refractivity contribution in [3.63, 3.8) is 0 Å². The van der Waals surface area contributed by atoms with Gasteiger partial charge in [-0.2, -0.15) is 0 Å². The van der Waals surface area contributed by atoms with Crippen molar-refractivity contribution in [2.45, 2.75) is 251 Å². The summed E-state index contributed by atoms with van der Waals surface area (Å²) in [6.07, 6.45) is 73.4. The summed E-state index contributed by atoms with van der Waals surface area (Å²) in [5.41, 5.74) is 5.40. The van der Waals surface area contributed by atoms with Crippen LogP contribution in [0.3, 0.4) is 0 Å². The molecule has 0 saturated heterocycles. The Balaban J connectivity index is 3.93. The van der Waals surface area contributed by atoms with Crippen LogP contribution in [0.1, 0.15) is 245 Å². The molecule has 0 aliphatic rings. The molecule has 3 N–H and O–H groups in total. The standard InChI is InChI=1S/C59H106NO7P/c1-3-5-7-9-11-13-15-17-19-21-23-25-27-28-29-31-33-35-37-39-41-43-45-47-49-51-54-64-56-58(57-66-68(62,63)65-55-53-60)67-59(61)52-50-48-46-44-42-40-38-36-34-32-30-26-24-22-20-18-16-14-12-10-8-6-4-2/h5,7,11,13,16-19,22-25,28-29,58H,3-4,6,8-10,12,14-15,20-21,26-27,30-57,60H2,1-2H3,(H,62,63)/b7-5-,13-11-,18-16-,19-17-,24-22-,25-23-,29-28-. The van der Waals surface area contributed by atoms with Crippen LogP contribution in [-0.2, 0) is 27.9 Å². The van der Waals surface area contributed by atoms with Crippen molar-refractivity contribution in [3.05, 3.63) is 85.1 Å². The zero-order valence-corrected chi connectivity index (χ0v) is 45.0. The van der Waals surface area contributed by atoms with Crippen LogP contribution in [0.4, 0.5) is 0 Å². The van der Waals surface area contributed by atoms with Crippen LogP contribution in [0.5, 0.6) is 0 Å². The first-order valence-electron chi connectivity index (χ1n) is 28.1. The second-order valence-corrected chi connectivity index (χ2v) is 19.9. The second-order valence-electron chi connectivity index (χ2n) is 18.4. The molecule has 0 aromatic carbocycles. The smallest absolute Gasteiger partial charge is 0.457 e. The van der Waals surface area contributed by atoms with Gasteiger partial charge < -0.3 is 20.1 Å². The van der Waals surface area contributed by atoms with E-state index in [1.807, 2.05) is 0 Å². The molecule has 9 heteroatoms. The van der Waals surface area contributed by atoms with Gasteiger partial charge in [0, 0.05) is 19.6 Å². The topological polar surface area (TPSA) is 117 Å². The first-order valence-corrected chi connectivity index (χ1v) is 29.6. The summed E-state index contributed by atoms with van der Waals surface area (Å²) in [6, 6.07) is 0. The molecule has 8 nitrogen and oxygen atoms in total. The first kappa shape index (κ1) is 65.7. The lowest BCUT2D eigenvalue weighted by molar-refractivity contribution is -0.154. The molecular weight excluding hydrogens is 866 g/mol. The number of ether oxygens (including phenoxy) is 2. The van der Waals surface area contributed by atoms with E-state index in [0.717, 1.165) is 70.6 Å². The van der Waals surface area contributed by atoms with Crippen molar-refractivity contribution in [2.75, 3.05) is 33.0 Å². The Kier molecular flexibility index (Phi) is 53.7. The molecule has 0 aliphatic carbocycles. The van der Waals surface area contributed by atoms with E-state index in [-0.39, 0.29) is 32.3 Å². The molecule has 0 fully saturated rings. The summed E-state index contributed by atoms with van der Waals surface area (Å²) < 4.78 is 33.7. The average Bonchev–Trinajstić information content (AvgIpc) is 3.33. The second kappa shape index (κ2) is 55.6. The SMILES string of the molecule is CC/C=C\C/C=C\C/C=C\C/C=C\C/C=C\CCCCCCCCCCCCOCC(COP(=O)(O)OCCN)OC(=O)CCCCCCCCCCCCC/C=C\C/C=C\CCCCCCC. The highest BCUT2D eigenvalue weighted by atomic mass is 31.2. The number of hydrogen-bond donors (Lipinski definition) is 2. The van der Waals surface area contributed by atoms with E-state index in [4.69, 9.17) is 24.3 Å². The number of rotatable bonds is 53. The summed E-state index contributed by atoms with van der Waals surface area (Å²) >= 11 is 0. The number of phosphoric ester groups is 1. The summed E-state index contributed by atoms with van der Waals surface area (Å²) in [4.78, 5) is 22.7. The van der Waals surface area contributed by atoms with Crippen LogP contribution < -0.4 is 5.73 Å². The Morgan fingerprint density at radius 2 is 0.824 bits per heavy atom. The van der Waals surface area contributed by atoms with E-state index < -0.39 is 13.9 Å². The van der Waals surface area contributed by atoms with Gasteiger partial charge in [0.1, 0.15) is 6.10 Å². The zero-order chi connectivity index (χ0) is 49.4. The minimum absolute atomic E-state index is 0.0959. The number of allylic oxidation sites excluding steroid dienone is 14. The molecular formula is C59H106NO7P. The van der Waals surface area contributed by atoms with Crippen molar-refractivity contribution in [1.82, 2.24) is 0 Å². The van der Waals surface area contributed by atoms with Crippen molar-refractivity contribution in [2.24, 2.45) is 5.73 Å². The molecule has 0 aromatic heterocycles. The minimum Gasteiger partial charge on any atom is -0.457 e. The molecule has 2 atom stereocenters. The van der Waals surface area contributed by atoms with E-state index >= 15 is 0 Å². The van der Waals surface area contributed by atoms with E-state index in [2.05, 4.69) is 98.9 Å². The molecule has 0 radical (unpaired) electrons. The predicted molar refractivity (Wildman–Crippen MR) is 293 cm³/mol. The monoisotopic (exact) mass is 972 g/mol. The van der Waals surface area contributed by atoms with Gasteiger partial charge in [0.15, 0.2) is 0 Å². The normalized spacial score (nSPS) is 13.9. The fourth-order valence-corrected chi connectivity index (χ4v) is 8.47. The van der Waals surface area contributed by atoms with Crippen molar-refractivity contribution >= 4 is 13.8 Å². The summed E-state index contributed by atoms with van der Waals surface area (Å²) in [7, 11) is -4.29. The Bertz CT molecular complexity index is 1320. The maximum atomic E-state index is 12.7. The Morgan fingerprint density at radius 3 is 1.24 bits per heavy atom.